The summed E-state index contributed by atoms with van der Waals surface area (Å²) in [7, 11) is 0. The molecular weight excluding hydrogens is 238 g/mol. The van der Waals surface area contributed by atoms with Gasteiger partial charge in [-0.25, -0.2) is 0 Å². The first-order valence-corrected chi connectivity index (χ1v) is 5.62. The molecule has 0 N–H and O–H groups in total. The van der Waals surface area contributed by atoms with Crippen molar-refractivity contribution in [2.75, 3.05) is 0 Å². The molecule has 0 aliphatic rings. The normalized spacial score (nSPS) is 10.5. The number of aryl methyl sites for hydroxylation is 1. The fraction of sp³-hybridized carbons (Fsp3) is 0.231. The molecule has 0 saturated heterocycles. The van der Waals surface area contributed by atoms with Crippen LogP contribution in [0.15, 0.2) is 24.4 Å². The van der Waals surface area contributed by atoms with Gasteiger partial charge in [0.05, 0.1) is 10.5 Å². The number of nitrogens with zero attached hydrogens (tertiary/aromatic N) is 1. The van der Waals surface area contributed by atoms with Gasteiger partial charge in [0.2, 0.25) is 0 Å². The summed E-state index contributed by atoms with van der Waals surface area (Å²) < 4.78 is 5.01. The zero-order valence-electron chi connectivity index (χ0n) is 9.66. The molecule has 17 heavy (non-hydrogen) atoms. The lowest BCUT2D eigenvalue weighted by Gasteiger charge is -2.08. The van der Waals surface area contributed by atoms with Crippen LogP contribution in [0.4, 0.5) is 0 Å². The molecule has 0 aliphatic heterocycles. The van der Waals surface area contributed by atoms with Crippen LogP contribution in [0, 0.1) is 6.92 Å². The van der Waals surface area contributed by atoms with E-state index in [4.69, 9.17) is 16.3 Å². The molecule has 3 nitrogen and oxygen atoms in total. The Morgan fingerprint density at radius 3 is 2.88 bits per heavy atom. The second-order valence-electron chi connectivity index (χ2n) is 3.93. The number of halogens is 1. The van der Waals surface area contributed by atoms with Crippen LogP contribution < -0.4 is 0 Å². The van der Waals surface area contributed by atoms with Gasteiger partial charge in [0, 0.05) is 24.1 Å². The Balaban J connectivity index is 2.50. The van der Waals surface area contributed by atoms with Gasteiger partial charge in [0.25, 0.3) is 0 Å². The van der Waals surface area contributed by atoms with E-state index < -0.39 is 0 Å². The van der Waals surface area contributed by atoms with Crippen molar-refractivity contribution in [1.82, 2.24) is 4.98 Å². The van der Waals surface area contributed by atoms with Crippen LogP contribution in [0.3, 0.4) is 0 Å². The van der Waals surface area contributed by atoms with E-state index in [-0.39, 0.29) is 12.6 Å². The molecule has 0 atom stereocenters. The quantitative estimate of drug-likeness (QED) is 0.767. The maximum Gasteiger partial charge on any atom is 0.302 e. The average Bonchev–Trinajstić information content (AvgIpc) is 2.24. The lowest BCUT2D eigenvalue weighted by Crippen LogP contribution is -2.00. The molecule has 0 bridgehead atoms. The molecule has 4 heteroatoms. The second-order valence-corrected chi connectivity index (χ2v) is 4.37. The van der Waals surface area contributed by atoms with Gasteiger partial charge in [0.15, 0.2) is 0 Å². The lowest BCUT2D eigenvalue weighted by molar-refractivity contribution is -0.142. The fourth-order valence-electron chi connectivity index (χ4n) is 1.75. The maximum atomic E-state index is 10.8. The van der Waals surface area contributed by atoms with Gasteiger partial charge < -0.3 is 4.74 Å². The van der Waals surface area contributed by atoms with Crippen molar-refractivity contribution in [3.63, 3.8) is 0 Å². The van der Waals surface area contributed by atoms with Crippen molar-refractivity contribution in [3.05, 3.63) is 40.5 Å². The number of aromatic nitrogens is 1. The predicted octanol–water partition coefficient (Wildman–Crippen LogP) is 3.26. The molecule has 0 spiro atoms. The van der Waals surface area contributed by atoms with Crippen molar-refractivity contribution in [1.29, 1.82) is 0 Å². The third-order valence-corrected chi connectivity index (χ3v) is 2.61. The molecule has 1 aromatic carbocycles. The highest BCUT2D eigenvalue weighted by molar-refractivity contribution is 6.31. The standard InChI is InChI=1S/C13H12ClNO2/c1-8-3-10-5-12(14)6-15-13(10)11(4-8)7-17-9(2)16/h3-6H,7H2,1-2H3. The Morgan fingerprint density at radius 1 is 1.41 bits per heavy atom. The SMILES string of the molecule is CC(=O)OCc1cc(C)cc2cc(Cl)cnc12. The van der Waals surface area contributed by atoms with E-state index in [9.17, 15) is 4.79 Å². The Hall–Kier alpha value is -1.61. The first-order chi connectivity index (χ1) is 8.06. The summed E-state index contributed by atoms with van der Waals surface area (Å²) in [6.07, 6.45) is 1.59. The number of fused-ring (bicyclic) bond motifs is 1. The van der Waals surface area contributed by atoms with Gasteiger partial charge >= 0.3 is 5.97 Å². The van der Waals surface area contributed by atoms with Crippen LogP contribution in [0.5, 0.6) is 0 Å². The average molecular weight is 250 g/mol. The minimum absolute atomic E-state index is 0.238. The number of carbonyl (C=O) groups excluding carboxylic acids is 1. The molecule has 0 unspecified atom stereocenters. The summed E-state index contributed by atoms with van der Waals surface area (Å²) >= 11 is 5.90. The zero-order chi connectivity index (χ0) is 12.4. The molecule has 1 heterocycles. The molecule has 88 valence electrons. The minimum Gasteiger partial charge on any atom is -0.461 e. The van der Waals surface area contributed by atoms with Crippen molar-refractivity contribution >= 4 is 28.5 Å². The molecule has 0 amide bonds. The summed E-state index contributed by atoms with van der Waals surface area (Å²) in [4.78, 5) is 15.1. The van der Waals surface area contributed by atoms with Gasteiger partial charge in [-0.3, -0.25) is 9.78 Å². The maximum absolute atomic E-state index is 10.8. The highest BCUT2D eigenvalue weighted by Crippen LogP contribution is 2.22. The van der Waals surface area contributed by atoms with Gasteiger partial charge in [-0.15, -0.1) is 0 Å². The third kappa shape index (κ3) is 2.74. The number of esters is 1. The summed E-state index contributed by atoms with van der Waals surface area (Å²) in [5.74, 6) is -0.298. The van der Waals surface area contributed by atoms with Crippen LogP contribution >= 0.6 is 11.6 Å². The van der Waals surface area contributed by atoms with E-state index >= 15 is 0 Å². The van der Waals surface area contributed by atoms with Crippen LogP contribution in [0.1, 0.15) is 18.1 Å². The molecule has 0 radical (unpaired) electrons. The van der Waals surface area contributed by atoms with Crippen LogP contribution in [0.25, 0.3) is 10.9 Å². The number of hydrogen-bond acceptors (Lipinski definition) is 3. The van der Waals surface area contributed by atoms with Gasteiger partial charge in [-0.1, -0.05) is 17.7 Å². The number of hydrogen-bond donors (Lipinski definition) is 0. The monoisotopic (exact) mass is 249 g/mol. The summed E-state index contributed by atoms with van der Waals surface area (Å²) in [6.45, 7) is 3.61. The molecule has 0 aliphatic carbocycles. The number of benzene rings is 1. The van der Waals surface area contributed by atoms with E-state index in [1.807, 2.05) is 25.1 Å². The van der Waals surface area contributed by atoms with E-state index in [1.54, 1.807) is 6.20 Å². The molecule has 2 rings (SSSR count). The second kappa shape index (κ2) is 4.72. The number of rotatable bonds is 2. The number of carbonyl (C=O) groups is 1. The Morgan fingerprint density at radius 2 is 2.18 bits per heavy atom. The zero-order valence-corrected chi connectivity index (χ0v) is 10.4. The number of pyridine rings is 1. The summed E-state index contributed by atoms with van der Waals surface area (Å²) in [5.41, 5.74) is 2.80. The topological polar surface area (TPSA) is 39.2 Å². The molecule has 0 fully saturated rings. The van der Waals surface area contributed by atoms with Crippen molar-refractivity contribution in [3.8, 4) is 0 Å². The highest BCUT2D eigenvalue weighted by Gasteiger charge is 2.06. The molecule has 0 saturated carbocycles. The Kier molecular flexibility index (Phi) is 3.29. The van der Waals surface area contributed by atoms with E-state index in [2.05, 4.69) is 4.98 Å². The van der Waals surface area contributed by atoms with Gasteiger partial charge in [0.1, 0.15) is 6.61 Å². The first-order valence-electron chi connectivity index (χ1n) is 5.24. The Bertz CT molecular complexity index is 576. The largest absolute Gasteiger partial charge is 0.461 e. The number of ether oxygens (including phenoxy) is 1. The highest BCUT2D eigenvalue weighted by atomic mass is 35.5. The van der Waals surface area contributed by atoms with Crippen molar-refractivity contribution in [2.45, 2.75) is 20.5 Å². The Labute approximate surface area is 104 Å². The van der Waals surface area contributed by atoms with E-state index in [1.165, 1.54) is 6.92 Å². The van der Waals surface area contributed by atoms with Crippen LogP contribution in [-0.4, -0.2) is 11.0 Å². The predicted molar refractivity (Wildman–Crippen MR) is 67.0 cm³/mol. The van der Waals surface area contributed by atoms with Crippen molar-refractivity contribution in [2.24, 2.45) is 0 Å². The minimum atomic E-state index is -0.298. The third-order valence-electron chi connectivity index (χ3n) is 2.40. The fourth-order valence-corrected chi connectivity index (χ4v) is 1.92. The van der Waals surface area contributed by atoms with Gasteiger partial charge in [-0.2, -0.15) is 0 Å². The van der Waals surface area contributed by atoms with Gasteiger partial charge in [-0.05, 0) is 24.6 Å². The smallest absolute Gasteiger partial charge is 0.302 e. The lowest BCUT2D eigenvalue weighted by atomic mass is 10.1. The van der Waals surface area contributed by atoms with E-state index in [0.717, 1.165) is 22.0 Å². The molecule has 2 aromatic rings. The first kappa shape index (κ1) is 11.9. The van der Waals surface area contributed by atoms with Crippen molar-refractivity contribution < 1.29 is 9.53 Å². The van der Waals surface area contributed by atoms with Crippen LogP contribution in [0.2, 0.25) is 5.02 Å². The summed E-state index contributed by atoms with van der Waals surface area (Å²) in [5, 5.41) is 1.56. The molecule has 1 aromatic heterocycles. The molecular formula is C13H12ClNO2. The van der Waals surface area contributed by atoms with Crippen LogP contribution in [-0.2, 0) is 16.1 Å². The van der Waals surface area contributed by atoms with E-state index in [0.29, 0.717) is 5.02 Å². The summed E-state index contributed by atoms with van der Waals surface area (Å²) in [6, 6.07) is 5.83.